The molecule has 0 radical (unpaired) electrons. The molecule has 3 amide bonds. The summed E-state index contributed by atoms with van der Waals surface area (Å²) in [6.07, 6.45) is 2.58. The Morgan fingerprint density at radius 2 is 1.75 bits per heavy atom. The van der Waals surface area contributed by atoms with Gasteiger partial charge in [0, 0.05) is 31.7 Å². The molecule has 0 bridgehead atoms. The predicted octanol–water partition coefficient (Wildman–Crippen LogP) is 0.464. The summed E-state index contributed by atoms with van der Waals surface area (Å²) in [4.78, 5) is 34.2. The van der Waals surface area contributed by atoms with E-state index in [1.807, 2.05) is 20.8 Å². The second-order valence-electron chi connectivity index (χ2n) is 2.86. The standard InChI is InChI=1S/C9H12N2O3.C2H6/c1-2-10-7(12)5-6-11-8(13)3-4-9(11)14;1-2/h3-4H,2,5-6H2,1H3,(H,10,12);1-2H3. The molecule has 16 heavy (non-hydrogen) atoms. The second-order valence-corrected chi connectivity index (χ2v) is 2.86. The maximum atomic E-state index is 11.0. The second kappa shape index (κ2) is 7.62. The lowest BCUT2D eigenvalue weighted by Crippen LogP contribution is -2.34. The molecule has 0 aromatic carbocycles. The largest absolute Gasteiger partial charge is 0.356 e. The van der Waals surface area contributed by atoms with Gasteiger partial charge in [0.05, 0.1) is 0 Å². The Morgan fingerprint density at radius 3 is 2.19 bits per heavy atom. The first-order chi connectivity index (χ1) is 7.65. The fraction of sp³-hybridized carbons (Fsp3) is 0.545. The van der Waals surface area contributed by atoms with E-state index >= 15 is 0 Å². The monoisotopic (exact) mass is 226 g/mol. The van der Waals surface area contributed by atoms with Gasteiger partial charge >= 0.3 is 0 Å². The Kier molecular flexibility index (Phi) is 6.83. The van der Waals surface area contributed by atoms with Crippen LogP contribution in [0, 0.1) is 0 Å². The number of nitrogens with one attached hydrogen (secondary N) is 1. The highest BCUT2D eigenvalue weighted by atomic mass is 16.2. The highest BCUT2D eigenvalue weighted by molar-refractivity contribution is 6.13. The van der Waals surface area contributed by atoms with Crippen molar-refractivity contribution >= 4 is 17.7 Å². The van der Waals surface area contributed by atoms with Crippen molar-refractivity contribution in [3.8, 4) is 0 Å². The smallest absolute Gasteiger partial charge is 0.253 e. The molecule has 1 heterocycles. The molecule has 0 saturated heterocycles. The first-order valence-corrected chi connectivity index (χ1v) is 5.45. The number of amides is 3. The third-order valence-electron chi connectivity index (χ3n) is 1.84. The summed E-state index contributed by atoms with van der Waals surface area (Å²) >= 11 is 0. The van der Waals surface area contributed by atoms with Crippen molar-refractivity contribution in [1.29, 1.82) is 0 Å². The van der Waals surface area contributed by atoms with Crippen molar-refractivity contribution in [2.45, 2.75) is 27.2 Å². The van der Waals surface area contributed by atoms with Gasteiger partial charge in [0.1, 0.15) is 0 Å². The van der Waals surface area contributed by atoms with Crippen molar-refractivity contribution in [1.82, 2.24) is 10.2 Å². The van der Waals surface area contributed by atoms with E-state index in [1.54, 1.807) is 0 Å². The average molecular weight is 226 g/mol. The first-order valence-electron chi connectivity index (χ1n) is 5.45. The van der Waals surface area contributed by atoms with E-state index in [2.05, 4.69) is 5.32 Å². The van der Waals surface area contributed by atoms with Crippen molar-refractivity contribution in [3.63, 3.8) is 0 Å². The summed E-state index contributed by atoms with van der Waals surface area (Å²) < 4.78 is 0. The Balaban J connectivity index is 0.00000106. The zero-order valence-corrected chi connectivity index (χ0v) is 9.95. The van der Waals surface area contributed by atoms with Crippen LogP contribution in [-0.2, 0) is 14.4 Å². The van der Waals surface area contributed by atoms with Gasteiger partial charge in [-0.05, 0) is 6.92 Å². The molecule has 1 rings (SSSR count). The van der Waals surface area contributed by atoms with Gasteiger partial charge in [-0.25, -0.2) is 0 Å². The normalized spacial score (nSPS) is 13.6. The maximum Gasteiger partial charge on any atom is 0.253 e. The van der Waals surface area contributed by atoms with E-state index in [0.29, 0.717) is 6.54 Å². The topological polar surface area (TPSA) is 66.5 Å². The number of carbonyl (C=O) groups is 3. The van der Waals surface area contributed by atoms with Crippen LogP contribution in [0.2, 0.25) is 0 Å². The number of carbonyl (C=O) groups excluding carboxylic acids is 3. The van der Waals surface area contributed by atoms with Crippen LogP contribution in [0.15, 0.2) is 12.2 Å². The minimum atomic E-state index is -0.348. The molecule has 5 heteroatoms. The molecule has 0 unspecified atom stereocenters. The van der Waals surface area contributed by atoms with Gasteiger partial charge < -0.3 is 5.32 Å². The van der Waals surface area contributed by atoms with Gasteiger partial charge in [-0.2, -0.15) is 0 Å². The lowest BCUT2D eigenvalue weighted by Gasteiger charge is -2.12. The van der Waals surface area contributed by atoms with E-state index in [9.17, 15) is 14.4 Å². The number of rotatable bonds is 4. The summed E-state index contributed by atoms with van der Waals surface area (Å²) in [5.74, 6) is -0.849. The molecular weight excluding hydrogens is 208 g/mol. The summed E-state index contributed by atoms with van der Waals surface area (Å²) in [5, 5.41) is 2.59. The predicted molar refractivity (Wildman–Crippen MR) is 60.5 cm³/mol. The zero-order valence-electron chi connectivity index (χ0n) is 9.95. The summed E-state index contributed by atoms with van der Waals surface area (Å²) in [6, 6.07) is 0. The van der Waals surface area contributed by atoms with Gasteiger partial charge in [-0.3, -0.25) is 19.3 Å². The van der Waals surface area contributed by atoms with Gasteiger partial charge in [0.2, 0.25) is 5.91 Å². The highest BCUT2D eigenvalue weighted by Gasteiger charge is 2.23. The van der Waals surface area contributed by atoms with Crippen molar-refractivity contribution in [3.05, 3.63) is 12.2 Å². The number of hydrogen-bond acceptors (Lipinski definition) is 3. The van der Waals surface area contributed by atoms with Gasteiger partial charge in [-0.1, -0.05) is 13.8 Å². The van der Waals surface area contributed by atoms with Crippen molar-refractivity contribution < 1.29 is 14.4 Å². The van der Waals surface area contributed by atoms with Crippen molar-refractivity contribution in [2.75, 3.05) is 13.1 Å². The number of nitrogens with zero attached hydrogens (tertiary/aromatic N) is 1. The molecule has 90 valence electrons. The molecule has 0 atom stereocenters. The molecule has 1 aliphatic rings. The minimum Gasteiger partial charge on any atom is -0.356 e. The SMILES string of the molecule is CC.CCNC(=O)CCN1C(=O)C=CC1=O. The Labute approximate surface area is 95.5 Å². The molecule has 0 aromatic heterocycles. The van der Waals surface area contributed by atoms with E-state index in [1.165, 1.54) is 12.2 Å². The molecule has 1 N–H and O–H groups in total. The lowest BCUT2D eigenvalue weighted by molar-refractivity contribution is -0.137. The molecule has 0 spiro atoms. The molecule has 0 aromatic rings. The molecular formula is C11H18N2O3. The van der Waals surface area contributed by atoms with Crippen LogP contribution in [0.4, 0.5) is 0 Å². The Hall–Kier alpha value is -1.65. The summed E-state index contributed by atoms with van der Waals surface area (Å²) in [7, 11) is 0. The van der Waals surface area contributed by atoms with Crippen LogP contribution in [0.3, 0.4) is 0 Å². The number of imide groups is 1. The average Bonchev–Trinajstić information content (AvgIpc) is 2.59. The van der Waals surface area contributed by atoms with E-state index in [-0.39, 0.29) is 30.7 Å². The van der Waals surface area contributed by atoms with E-state index < -0.39 is 0 Å². The first kappa shape index (κ1) is 14.3. The van der Waals surface area contributed by atoms with Gasteiger partial charge in [-0.15, -0.1) is 0 Å². The van der Waals surface area contributed by atoms with Crippen LogP contribution in [0.25, 0.3) is 0 Å². The molecule has 0 saturated carbocycles. The lowest BCUT2D eigenvalue weighted by atomic mass is 10.3. The Bertz CT molecular complexity index is 280. The van der Waals surface area contributed by atoms with Crippen LogP contribution in [-0.4, -0.2) is 35.7 Å². The van der Waals surface area contributed by atoms with Crippen LogP contribution >= 0.6 is 0 Å². The molecule has 5 nitrogen and oxygen atoms in total. The Morgan fingerprint density at radius 1 is 1.25 bits per heavy atom. The summed E-state index contributed by atoms with van der Waals surface area (Å²) in [5.41, 5.74) is 0. The summed E-state index contributed by atoms with van der Waals surface area (Å²) in [6.45, 7) is 6.51. The molecule has 0 aliphatic carbocycles. The molecule has 0 fully saturated rings. The quantitative estimate of drug-likeness (QED) is 0.708. The van der Waals surface area contributed by atoms with Gasteiger partial charge in [0.25, 0.3) is 11.8 Å². The molecule has 1 aliphatic heterocycles. The van der Waals surface area contributed by atoms with Crippen LogP contribution in [0.5, 0.6) is 0 Å². The minimum absolute atomic E-state index is 0.149. The fourth-order valence-electron chi connectivity index (χ4n) is 1.15. The third-order valence-corrected chi connectivity index (χ3v) is 1.84. The fourth-order valence-corrected chi connectivity index (χ4v) is 1.15. The zero-order chi connectivity index (χ0) is 12.6. The number of hydrogen-bond donors (Lipinski definition) is 1. The highest BCUT2D eigenvalue weighted by Crippen LogP contribution is 2.03. The van der Waals surface area contributed by atoms with Gasteiger partial charge in [0.15, 0.2) is 0 Å². The van der Waals surface area contributed by atoms with Crippen molar-refractivity contribution in [2.24, 2.45) is 0 Å². The van der Waals surface area contributed by atoms with Crippen LogP contribution < -0.4 is 5.32 Å². The van der Waals surface area contributed by atoms with E-state index in [0.717, 1.165) is 4.90 Å². The van der Waals surface area contributed by atoms with E-state index in [4.69, 9.17) is 0 Å². The maximum absolute atomic E-state index is 11.0. The van der Waals surface area contributed by atoms with Crippen LogP contribution in [0.1, 0.15) is 27.2 Å². The third kappa shape index (κ3) is 4.25.